The first-order valence-electron chi connectivity index (χ1n) is 8.19. The quantitative estimate of drug-likeness (QED) is 0.819. The first kappa shape index (κ1) is 19.2. The van der Waals surface area contributed by atoms with Crippen LogP contribution in [0.15, 0.2) is 47.4 Å². The Balaban J connectivity index is 2.74. The van der Waals surface area contributed by atoms with Crippen LogP contribution in [0, 0.1) is 13.8 Å². The summed E-state index contributed by atoms with van der Waals surface area (Å²) >= 11 is 0. The first-order chi connectivity index (χ1) is 11.5. The Hall–Kier alpha value is -2.14. The number of carbonyl (C=O) groups is 1. The molecule has 134 valence electrons. The van der Waals surface area contributed by atoms with E-state index in [1.54, 1.807) is 43.3 Å². The lowest BCUT2D eigenvalue weighted by Gasteiger charge is -2.26. The van der Waals surface area contributed by atoms with E-state index in [4.69, 9.17) is 0 Å². The highest BCUT2D eigenvalue weighted by atomic mass is 32.2. The second-order valence-corrected chi connectivity index (χ2v) is 9.05. The van der Waals surface area contributed by atoms with Crippen LogP contribution in [0.1, 0.15) is 44.4 Å². The number of anilines is 1. The standard InChI is InChI=1S/C20H25NO3S/c1-14-12-17(20(4,5)6)13-19(15(14)2)25(23,24)21(16(3)22)18-10-8-7-9-11-18/h7-13H,1-6H3. The van der Waals surface area contributed by atoms with Gasteiger partial charge in [-0.25, -0.2) is 12.7 Å². The van der Waals surface area contributed by atoms with Gasteiger partial charge in [0.2, 0.25) is 5.91 Å². The molecule has 0 heterocycles. The molecule has 0 saturated heterocycles. The highest BCUT2D eigenvalue weighted by molar-refractivity contribution is 7.93. The molecule has 0 spiro atoms. The predicted molar refractivity (Wildman–Crippen MR) is 101 cm³/mol. The number of hydrogen-bond donors (Lipinski definition) is 0. The molecule has 25 heavy (non-hydrogen) atoms. The largest absolute Gasteiger partial charge is 0.274 e. The summed E-state index contributed by atoms with van der Waals surface area (Å²) in [5.74, 6) is -0.538. The maximum atomic E-state index is 13.3. The molecule has 0 aliphatic heterocycles. The highest BCUT2D eigenvalue weighted by Crippen LogP contribution is 2.32. The normalized spacial score (nSPS) is 12.1. The summed E-state index contributed by atoms with van der Waals surface area (Å²) in [6.07, 6.45) is 0. The Kier molecular flexibility index (Phi) is 5.09. The Morgan fingerprint density at radius 2 is 1.56 bits per heavy atom. The van der Waals surface area contributed by atoms with Crippen LogP contribution in [0.25, 0.3) is 0 Å². The first-order valence-corrected chi connectivity index (χ1v) is 9.63. The molecule has 0 radical (unpaired) electrons. The fourth-order valence-electron chi connectivity index (χ4n) is 2.68. The van der Waals surface area contributed by atoms with Gasteiger partial charge in [-0.15, -0.1) is 0 Å². The van der Waals surface area contributed by atoms with E-state index in [9.17, 15) is 13.2 Å². The number of amides is 1. The van der Waals surface area contributed by atoms with Crippen molar-refractivity contribution < 1.29 is 13.2 Å². The van der Waals surface area contributed by atoms with Gasteiger partial charge >= 0.3 is 0 Å². The molecule has 0 N–H and O–H groups in total. The van der Waals surface area contributed by atoms with Crippen LogP contribution in [0.3, 0.4) is 0 Å². The Bertz CT molecular complexity index is 895. The number of hydrogen-bond acceptors (Lipinski definition) is 3. The Morgan fingerprint density at radius 1 is 1.00 bits per heavy atom. The Labute approximate surface area is 150 Å². The number of rotatable bonds is 3. The maximum absolute atomic E-state index is 13.3. The van der Waals surface area contributed by atoms with Crippen molar-refractivity contribution in [3.63, 3.8) is 0 Å². The van der Waals surface area contributed by atoms with Crippen LogP contribution in [0.5, 0.6) is 0 Å². The van der Waals surface area contributed by atoms with Gasteiger partial charge in [-0.2, -0.15) is 0 Å². The van der Waals surface area contributed by atoms with E-state index in [0.29, 0.717) is 11.3 Å². The number of nitrogens with zero attached hydrogens (tertiary/aromatic N) is 1. The van der Waals surface area contributed by atoms with Gasteiger partial charge in [0, 0.05) is 6.92 Å². The number of sulfonamides is 1. The van der Waals surface area contributed by atoms with E-state index in [2.05, 4.69) is 0 Å². The van der Waals surface area contributed by atoms with E-state index in [-0.39, 0.29) is 10.3 Å². The lowest BCUT2D eigenvalue weighted by molar-refractivity contribution is -0.115. The molecular formula is C20H25NO3S. The molecule has 0 aromatic heterocycles. The van der Waals surface area contributed by atoms with Gasteiger partial charge in [-0.1, -0.05) is 45.0 Å². The minimum atomic E-state index is -4.01. The zero-order chi connectivity index (χ0) is 19.0. The van der Waals surface area contributed by atoms with Gasteiger partial charge in [0.15, 0.2) is 0 Å². The zero-order valence-corrected chi connectivity index (χ0v) is 16.4. The van der Waals surface area contributed by atoms with Crippen molar-refractivity contribution in [1.82, 2.24) is 0 Å². The number of benzene rings is 2. The van der Waals surface area contributed by atoms with Crippen molar-refractivity contribution in [2.45, 2.75) is 51.9 Å². The molecule has 0 atom stereocenters. The molecule has 2 rings (SSSR count). The van der Waals surface area contributed by atoms with Crippen LogP contribution in [-0.4, -0.2) is 14.3 Å². The van der Waals surface area contributed by atoms with Crippen molar-refractivity contribution in [2.24, 2.45) is 0 Å². The van der Waals surface area contributed by atoms with Gasteiger partial charge in [-0.3, -0.25) is 4.79 Å². The van der Waals surface area contributed by atoms with Crippen molar-refractivity contribution in [1.29, 1.82) is 0 Å². The molecule has 2 aromatic rings. The molecule has 4 nitrogen and oxygen atoms in total. The molecular weight excluding hydrogens is 334 g/mol. The van der Waals surface area contributed by atoms with Crippen LogP contribution in [-0.2, 0) is 20.2 Å². The van der Waals surface area contributed by atoms with Crippen molar-refractivity contribution >= 4 is 21.6 Å². The topological polar surface area (TPSA) is 54.5 Å². The lowest BCUT2D eigenvalue weighted by atomic mass is 9.85. The summed E-state index contributed by atoms with van der Waals surface area (Å²) in [6.45, 7) is 11.0. The Morgan fingerprint density at radius 3 is 2.04 bits per heavy atom. The molecule has 0 saturated carbocycles. The van der Waals surface area contributed by atoms with Gasteiger partial charge in [0.1, 0.15) is 0 Å². The third kappa shape index (κ3) is 3.76. The molecule has 2 aromatic carbocycles. The highest BCUT2D eigenvalue weighted by Gasteiger charge is 2.31. The SMILES string of the molecule is CC(=O)N(c1ccccc1)S(=O)(=O)c1cc(C(C)(C)C)cc(C)c1C. The van der Waals surface area contributed by atoms with Gasteiger partial charge in [-0.05, 0) is 54.2 Å². The summed E-state index contributed by atoms with van der Waals surface area (Å²) < 4.78 is 27.5. The van der Waals surface area contributed by atoms with E-state index in [1.165, 1.54) is 6.92 Å². The van der Waals surface area contributed by atoms with E-state index in [1.807, 2.05) is 33.8 Å². The molecule has 0 fully saturated rings. The maximum Gasteiger partial charge on any atom is 0.271 e. The van der Waals surface area contributed by atoms with Crippen molar-refractivity contribution in [3.05, 3.63) is 59.2 Å². The summed E-state index contributed by atoms with van der Waals surface area (Å²) in [5.41, 5.74) is 2.62. The fourth-order valence-corrected chi connectivity index (χ4v) is 4.44. The van der Waals surface area contributed by atoms with Crippen LogP contribution in [0.4, 0.5) is 5.69 Å². The minimum Gasteiger partial charge on any atom is -0.274 e. The summed E-state index contributed by atoms with van der Waals surface area (Å²) in [6, 6.07) is 12.1. The van der Waals surface area contributed by atoms with E-state index >= 15 is 0 Å². The molecule has 0 aliphatic rings. The molecule has 5 heteroatoms. The lowest BCUT2D eigenvalue weighted by Crippen LogP contribution is -2.36. The third-order valence-corrected chi connectivity index (χ3v) is 6.21. The van der Waals surface area contributed by atoms with E-state index in [0.717, 1.165) is 15.4 Å². The third-order valence-electron chi connectivity index (χ3n) is 4.28. The van der Waals surface area contributed by atoms with E-state index < -0.39 is 15.9 Å². The summed E-state index contributed by atoms with van der Waals surface area (Å²) in [7, 11) is -4.01. The predicted octanol–water partition coefficient (Wildman–Crippen LogP) is 4.34. The second-order valence-electron chi connectivity index (χ2n) is 7.29. The van der Waals surface area contributed by atoms with Gasteiger partial charge in [0.25, 0.3) is 10.0 Å². The van der Waals surface area contributed by atoms with Crippen molar-refractivity contribution in [2.75, 3.05) is 4.31 Å². The van der Waals surface area contributed by atoms with Gasteiger partial charge < -0.3 is 0 Å². The average Bonchev–Trinajstić information content (AvgIpc) is 2.49. The van der Waals surface area contributed by atoms with Crippen LogP contribution < -0.4 is 4.31 Å². The second kappa shape index (κ2) is 6.64. The molecule has 0 unspecified atom stereocenters. The van der Waals surface area contributed by atoms with Gasteiger partial charge in [0.05, 0.1) is 10.6 Å². The number of para-hydroxylation sites is 1. The molecule has 0 bridgehead atoms. The smallest absolute Gasteiger partial charge is 0.271 e. The zero-order valence-electron chi connectivity index (χ0n) is 15.6. The van der Waals surface area contributed by atoms with Crippen LogP contribution >= 0.6 is 0 Å². The number of aryl methyl sites for hydroxylation is 1. The minimum absolute atomic E-state index is 0.177. The van der Waals surface area contributed by atoms with Crippen LogP contribution in [0.2, 0.25) is 0 Å². The summed E-state index contributed by atoms with van der Waals surface area (Å²) in [5, 5.41) is 0. The monoisotopic (exact) mass is 359 g/mol. The number of carbonyl (C=O) groups excluding carboxylic acids is 1. The molecule has 0 aliphatic carbocycles. The fraction of sp³-hybridized carbons (Fsp3) is 0.350. The summed E-state index contributed by atoms with van der Waals surface area (Å²) in [4.78, 5) is 12.4. The average molecular weight is 359 g/mol. The molecule has 1 amide bonds. The van der Waals surface area contributed by atoms with Crippen molar-refractivity contribution in [3.8, 4) is 0 Å².